The van der Waals surface area contributed by atoms with Gasteiger partial charge >= 0.3 is 0 Å². The highest BCUT2D eigenvalue weighted by atomic mass is 16.5. The van der Waals surface area contributed by atoms with Crippen LogP contribution in [0.5, 0.6) is 11.5 Å². The van der Waals surface area contributed by atoms with Gasteiger partial charge in [0.1, 0.15) is 0 Å². The van der Waals surface area contributed by atoms with Crippen LogP contribution >= 0.6 is 0 Å². The van der Waals surface area contributed by atoms with Gasteiger partial charge in [0.15, 0.2) is 11.5 Å². The molecule has 0 amide bonds. The van der Waals surface area contributed by atoms with Gasteiger partial charge in [0.25, 0.3) is 0 Å². The van der Waals surface area contributed by atoms with Crippen LogP contribution in [0.3, 0.4) is 0 Å². The van der Waals surface area contributed by atoms with E-state index in [1.807, 2.05) is 30.3 Å². The number of benzene rings is 3. The summed E-state index contributed by atoms with van der Waals surface area (Å²) in [6.07, 6.45) is 0. The molecule has 5 rings (SSSR count). The topological polar surface area (TPSA) is 40.2 Å². The number of rotatable bonds is 0. The van der Waals surface area contributed by atoms with Crippen molar-refractivity contribution in [2.45, 2.75) is 0 Å². The van der Waals surface area contributed by atoms with Crippen molar-refractivity contribution < 1.29 is 4.74 Å². The third-order valence-electron chi connectivity index (χ3n) is 4.10. The molecule has 0 radical (unpaired) electrons. The molecule has 0 unspecified atom stereocenters. The number of nitrogens with two attached hydrogens (primary N) is 1. The lowest BCUT2D eigenvalue weighted by Gasteiger charge is -2.21. The Labute approximate surface area is 121 Å². The van der Waals surface area contributed by atoms with Gasteiger partial charge in [-0.3, -0.25) is 0 Å². The van der Waals surface area contributed by atoms with E-state index >= 15 is 0 Å². The second-order valence-electron chi connectivity index (χ2n) is 5.33. The van der Waals surface area contributed by atoms with Gasteiger partial charge in [0.05, 0.1) is 16.7 Å². The monoisotopic (exact) mass is 272 g/mol. The molecule has 2 heterocycles. The summed E-state index contributed by atoms with van der Waals surface area (Å²) in [5.74, 6) is 1.68. The molecule has 3 aromatic carbocycles. The Morgan fingerprint density at radius 1 is 0.810 bits per heavy atom. The fraction of sp³-hybridized carbons (Fsp3) is 0. The van der Waals surface area contributed by atoms with Crippen LogP contribution in [-0.2, 0) is 0 Å². The molecule has 0 saturated heterocycles. The molecule has 2 N–H and O–H groups in total. The number of nitrogen functional groups attached to an aromatic ring is 1. The molecular weight excluding hydrogens is 260 g/mol. The van der Waals surface area contributed by atoms with Crippen LogP contribution in [0.4, 0.5) is 5.69 Å². The van der Waals surface area contributed by atoms with Gasteiger partial charge in [0, 0.05) is 22.5 Å². The maximum atomic E-state index is 6.06. The number of aromatic nitrogens is 1. The number of para-hydroxylation sites is 2. The first-order valence-corrected chi connectivity index (χ1v) is 6.93. The second kappa shape index (κ2) is 3.58. The van der Waals surface area contributed by atoms with E-state index in [4.69, 9.17) is 10.5 Å². The van der Waals surface area contributed by atoms with Crippen LogP contribution in [0.1, 0.15) is 0 Å². The maximum Gasteiger partial charge on any atom is 0.153 e. The van der Waals surface area contributed by atoms with Crippen molar-refractivity contribution in [2.24, 2.45) is 0 Å². The highest BCUT2D eigenvalue weighted by Gasteiger charge is 2.23. The average Bonchev–Trinajstić information content (AvgIpc) is 2.84. The highest BCUT2D eigenvalue weighted by Crippen LogP contribution is 2.45. The van der Waals surface area contributed by atoms with Crippen LogP contribution in [-0.4, -0.2) is 4.57 Å². The minimum absolute atomic E-state index is 0.709. The minimum Gasteiger partial charge on any atom is -0.453 e. The van der Waals surface area contributed by atoms with Crippen molar-refractivity contribution in [2.75, 3.05) is 5.73 Å². The number of anilines is 1. The molecule has 0 aliphatic carbocycles. The summed E-state index contributed by atoms with van der Waals surface area (Å²) in [7, 11) is 0. The van der Waals surface area contributed by atoms with E-state index in [-0.39, 0.29) is 0 Å². The first-order valence-electron chi connectivity index (χ1n) is 6.93. The summed E-state index contributed by atoms with van der Waals surface area (Å²) < 4.78 is 8.32. The van der Waals surface area contributed by atoms with E-state index in [1.54, 1.807) is 0 Å². The van der Waals surface area contributed by atoms with Crippen LogP contribution < -0.4 is 10.5 Å². The van der Waals surface area contributed by atoms with Crippen LogP contribution in [0.2, 0.25) is 0 Å². The quantitative estimate of drug-likeness (QED) is 0.422. The standard InChI is InChI=1S/C18H12N2O/c19-11-8-9-15-17(10-11)21-16-7-3-5-13-12-4-1-2-6-14(12)20(15)18(13)16/h1-10H,19H2. The van der Waals surface area contributed by atoms with Crippen LogP contribution in [0.25, 0.3) is 27.5 Å². The number of hydrogen-bond donors (Lipinski definition) is 1. The fourth-order valence-electron chi connectivity index (χ4n) is 3.24. The van der Waals surface area contributed by atoms with Crippen molar-refractivity contribution in [1.82, 2.24) is 4.57 Å². The van der Waals surface area contributed by atoms with Gasteiger partial charge in [-0.05, 0) is 24.3 Å². The average molecular weight is 272 g/mol. The van der Waals surface area contributed by atoms with E-state index in [2.05, 4.69) is 34.9 Å². The predicted molar refractivity (Wildman–Crippen MR) is 85.3 cm³/mol. The van der Waals surface area contributed by atoms with E-state index in [9.17, 15) is 0 Å². The van der Waals surface area contributed by atoms with Gasteiger partial charge in [-0.15, -0.1) is 0 Å². The molecule has 21 heavy (non-hydrogen) atoms. The molecule has 1 aliphatic heterocycles. The summed E-state index contributed by atoms with van der Waals surface area (Å²) >= 11 is 0. The molecule has 0 atom stereocenters. The summed E-state index contributed by atoms with van der Waals surface area (Å²) in [6.45, 7) is 0. The lowest BCUT2D eigenvalue weighted by atomic mass is 10.1. The molecule has 0 fully saturated rings. The second-order valence-corrected chi connectivity index (χ2v) is 5.33. The Bertz CT molecular complexity index is 1030. The molecule has 0 bridgehead atoms. The zero-order chi connectivity index (χ0) is 14.0. The van der Waals surface area contributed by atoms with E-state index in [1.165, 1.54) is 16.3 Å². The number of hydrogen-bond acceptors (Lipinski definition) is 2. The third-order valence-corrected chi connectivity index (χ3v) is 4.10. The van der Waals surface area contributed by atoms with Gasteiger partial charge in [-0.2, -0.15) is 0 Å². The number of nitrogens with zero attached hydrogens (tertiary/aromatic N) is 1. The summed E-state index contributed by atoms with van der Waals surface area (Å²) in [5.41, 5.74) is 9.95. The molecule has 0 spiro atoms. The Hall–Kier alpha value is -2.94. The van der Waals surface area contributed by atoms with Crippen LogP contribution in [0.15, 0.2) is 60.7 Å². The Morgan fingerprint density at radius 3 is 2.62 bits per heavy atom. The fourth-order valence-corrected chi connectivity index (χ4v) is 3.24. The van der Waals surface area contributed by atoms with E-state index in [0.717, 1.165) is 22.7 Å². The van der Waals surface area contributed by atoms with Gasteiger partial charge in [-0.25, -0.2) is 0 Å². The first kappa shape index (κ1) is 10.8. The molecule has 100 valence electrons. The first-order chi connectivity index (χ1) is 10.3. The third kappa shape index (κ3) is 1.28. The maximum absolute atomic E-state index is 6.06. The molecular formula is C18H12N2O. The normalized spacial score (nSPS) is 12.4. The van der Waals surface area contributed by atoms with E-state index < -0.39 is 0 Å². The lowest BCUT2D eigenvalue weighted by molar-refractivity contribution is 0.476. The van der Waals surface area contributed by atoms with Crippen molar-refractivity contribution in [1.29, 1.82) is 0 Å². The van der Waals surface area contributed by atoms with Crippen molar-refractivity contribution in [3.8, 4) is 17.2 Å². The summed E-state index contributed by atoms with van der Waals surface area (Å²) in [5, 5.41) is 2.45. The highest BCUT2D eigenvalue weighted by molar-refractivity contribution is 6.12. The van der Waals surface area contributed by atoms with Gasteiger partial charge in [0.2, 0.25) is 0 Å². The SMILES string of the molecule is Nc1ccc2c(c1)Oc1cccc3c4ccccc4n-2c13. The Kier molecular flexibility index (Phi) is 1.84. The van der Waals surface area contributed by atoms with Crippen molar-refractivity contribution in [3.05, 3.63) is 60.7 Å². The number of fused-ring (bicyclic) bond motifs is 5. The molecule has 1 aliphatic rings. The summed E-state index contributed by atoms with van der Waals surface area (Å²) in [4.78, 5) is 0. The van der Waals surface area contributed by atoms with Crippen LogP contribution in [0, 0.1) is 0 Å². The molecule has 4 aromatic rings. The largest absolute Gasteiger partial charge is 0.453 e. The van der Waals surface area contributed by atoms with Crippen molar-refractivity contribution >= 4 is 27.5 Å². The molecule has 3 heteroatoms. The molecule has 3 nitrogen and oxygen atoms in total. The Balaban J connectivity index is 2.07. The van der Waals surface area contributed by atoms with Gasteiger partial charge < -0.3 is 15.0 Å². The van der Waals surface area contributed by atoms with E-state index in [0.29, 0.717) is 5.69 Å². The molecule has 0 saturated carbocycles. The van der Waals surface area contributed by atoms with Gasteiger partial charge in [-0.1, -0.05) is 30.3 Å². The molecule has 1 aromatic heterocycles. The van der Waals surface area contributed by atoms with Crippen molar-refractivity contribution in [3.63, 3.8) is 0 Å². The Morgan fingerprint density at radius 2 is 1.67 bits per heavy atom. The zero-order valence-electron chi connectivity index (χ0n) is 11.2. The minimum atomic E-state index is 0.709. The predicted octanol–water partition coefficient (Wildman–Crippen LogP) is 4.47. The lowest BCUT2D eigenvalue weighted by Crippen LogP contribution is -2.04. The summed E-state index contributed by atoms with van der Waals surface area (Å²) in [6, 6.07) is 20.4. The number of ether oxygens (including phenoxy) is 1. The smallest absolute Gasteiger partial charge is 0.153 e. The zero-order valence-corrected chi connectivity index (χ0v) is 11.2.